The molecule has 33 heavy (non-hydrogen) atoms. The normalized spacial score (nSPS) is 14.5. The molecule has 0 atom stereocenters. The number of anilines is 1. The molecular weight excluding hydrogens is 474 g/mol. The van der Waals surface area contributed by atoms with Crippen LogP contribution in [0.15, 0.2) is 41.3 Å². The molecule has 10 nitrogen and oxygen atoms in total. The third kappa shape index (κ3) is 5.86. The molecule has 0 radical (unpaired) electrons. The molecule has 0 unspecified atom stereocenters. The Morgan fingerprint density at radius 3 is 2.52 bits per heavy atom. The Morgan fingerprint density at radius 2 is 1.85 bits per heavy atom. The average molecular weight is 496 g/mol. The molecule has 2 aromatic carbocycles. The van der Waals surface area contributed by atoms with Crippen LogP contribution in [0.4, 0.5) is 11.4 Å². The Hall–Kier alpha value is -3.02. The molecule has 0 saturated carbocycles. The molecule has 0 bridgehead atoms. The van der Waals surface area contributed by atoms with Crippen LogP contribution >= 0.6 is 11.6 Å². The molecule has 2 aromatic rings. The van der Waals surface area contributed by atoms with Crippen molar-refractivity contribution in [3.8, 4) is 0 Å². The van der Waals surface area contributed by atoms with Gasteiger partial charge < -0.3 is 10.1 Å². The topological polar surface area (TPSA) is 136 Å². The van der Waals surface area contributed by atoms with Gasteiger partial charge in [-0.25, -0.2) is 13.2 Å². The summed E-state index contributed by atoms with van der Waals surface area (Å²) in [6, 6.07) is 7.90. The number of nitrogens with zero attached hydrogens (tertiary/aromatic N) is 2. The van der Waals surface area contributed by atoms with Gasteiger partial charge in [0.05, 0.1) is 15.4 Å². The van der Waals surface area contributed by atoms with Crippen LogP contribution in [-0.2, 0) is 19.6 Å². The van der Waals surface area contributed by atoms with Gasteiger partial charge in [0.2, 0.25) is 10.0 Å². The summed E-state index contributed by atoms with van der Waals surface area (Å²) in [5, 5.41) is 13.2. The fourth-order valence-electron chi connectivity index (χ4n) is 3.39. The summed E-state index contributed by atoms with van der Waals surface area (Å²) in [4.78, 5) is 34.8. The number of carbonyl (C=O) groups is 2. The number of hydrogen-bond acceptors (Lipinski definition) is 7. The quantitative estimate of drug-likeness (QED) is 0.352. The van der Waals surface area contributed by atoms with Gasteiger partial charge in [0.25, 0.3) is 11.6 Å². The largest absolute Gasteiger partial charge is 0.452 e. The van der Waals surface area contributed by atoms with Gasteiger partial charge in [-0.3, -0.25) is 14.9 Å². The van der Waals surface area contributed by atoms with E-state index in [1.807, 2.05) is 0 Å². The minimum absolute atomic E-state index is 0.00823. The van der Waals surface area contributed by atoms with Gasteiger partial charge in [-0.1, -0.05) is 24.1 Å². The zero-order chi connectivity index (χ0) is 24.2. The van der Waals surface area contributed by atoms with Crippen LogP contribution < -0.4 is 5.32 Å². The first-order valence-electron chi connectivity index (χ1n) is 10.1. The number of rotatable bonds is 7. The van der Waals surface area contributed by atoms with E-state index in [-0.39, 0.29) is 26.9 Å². The highest BCUT2D eigenvalue weighted by molar-refractivity contribution is 7.89. The molecule has 1 N–H and O–H groups in total. The third-order valence-electron chi connectivity index (χ3n) is 5.12. The molecule has 3 rings (SSSR count). The first-order valence-corrected chi connectivity index (χ1v) is 11.9. The molecule has 1 saturated heterocycles. The Kier molecular flexibility index (Phi) is 7.67. The molecular formula is C21H22ClN3O7S. The fraction of sp³-hybridized carbons (Fsp3) is 0.333. The van der Waals surface area contributed by atoms with Crippen molar-refractivity contribution in [2.24, 2.45) is 0 Å². The number of nitrogens with one attached hydrogen (secondary N) is 1. The number of amides is 1. The summed E-state index contributed by atoms with van der Waals surface area (Å²) in [6.45, 7) is 1.83. The second-order valence-corrected chi connectivity index (χ2v) is 9.81. The van der Waals surface area contributed by atoms with Gasteiger partial charge in [0, 0.05) is 24.8 Å². The second-order valence-electron chi connectivity index (χ2n) is 7.49. The number of piperidine rings is 1. The van der Waals surface area contributed by atoms with Crippen LogP contribution in [0.5, 0.6) is 0 Å². The van der Waals surface area contributed by atoms with Crippen molar-refractivity contribution in [2.45, 2.75) is 31.1 Å². The molecule has 12 heteroatoms. The summed E-state index contributed by atoms with van der Waals surface area (Å²) >= 11 is 5.73. The first-order chi connectivity index (χ1) is 15.6. The SMILES string of the molecule is Cc1ccc(C(=O)OCC(=O)Nc2ccc(Cl)c([N+](=O)[O-])c2)cc1S(=O)(=O)N1CCCCC1. The summed E-state index contributed by atoms with van der Waals surface area (Å²) in [7, 11) is -3.75. The Labute approximate surface area is 195 Å². The van der Waals surface area contributed by atoms with E-state index in [0.29, 0.717) is 18.7 Å². The van der Waals surface area contributed by atoms with Crippen molar-refractivity contribution in [3.63, 3.8) is 0 Å². The molecule has 0 spiro atoms. The minimum Gasteiger partial charge on any atom is -0.452 e. The zero-order valence-electron chi connectivity index (χ0n) is 17.7. The predicted molar refractivity (Wildman–Crippen MR) is 121 cm³/mol. The van der Waals surface area contributed by atoms with Crippen LogP contribution in [0.25, 0.3) is 0 Å². The Bertz CT molecular complexity index is 1190. The number of benzene rings is 2. The van der Waals surface area contributed by atoms with Crippen LogP contribution in [-0.4, -0.2) is 49.2 Å². The molecule has 1 fully saturated rings. The van der Waals surface area contributed by atoms with E-state index >= 15 is 0 Å². The third-order valence-corrected chi connectivity index (χ3v) is 7.48. The predicted octanol–water partition coefficient (Wildman–Crippen LogP) is 3.53. The van der Waals surface area contributed by atoms with E-state index in [1.54, 1.807) is 6.92 Å². The molecule has 1 amide bonds. The van der Waals surface area contributed by atoms with Gasteiger partial charge in [-0.05, 0) is 49.6 Å². The first kappa shape index (κ1) is 24.6. The molecule has 0 aromatic heterocycles. The monoisotopic (exact) mass is 495 g/mol. The summed E-state index contributed by atoms with van der Waals surface area (Å²) in [6.07, 6.45) is 2.54. The maximum atomic E-state index is 13.0. The van der Waals surface area contributed by atoms with Crippen LogP contribution in [0.1, 0.15) is 35.2 Å². The number of ether oxygens (including phenoxy) is 1. The van der Waals surface area contributed by atoms with Crippen molar-refractivity contribution in [1.29, 1.82) is 0 Å². The second kappa shape index (κ2) is 10.3. The maximum absolute atomic E-state index is 13.0. The van der Waals surface area contributed by atoms with Gasteiger partial charge in [0.15, 0.2) is 6.61 Å². The van der Waals surface area contributed by atoms with E-state index in [4.69, 9.17) is 16.3 Å². The maximum Gasteiger partial charge on any atom is 0.338 e. The highest BCUT2D eigenvalue weighted by atomic mass is 35.5. The van der Waals surface area contributed by atoms with Gasteiger partial charge in [0.1, 0.15) is 5.02 Å². The number of hydrogen-bond donors (Lipinski definition) is 1. The van der Waals surface area contributed by atoms with Crippen molar-refractivity contribution in [2.75, 3.05) is 25.0 Å². The highest BCUT2D eigenvalue weighted by Crippen LogP contribution is 2.27. The number of sulfonamides is 1. The van der Waals surface area contributed by atoms with E-state index in [9.17, 15) is 28.1 Å². The van der Waals surface area contributed by atoms with E-state index < -0.39 is 33.4 Å². The van der Waals surface area contributed by atoms with Crippen LogP contribution in [0.3, 0.4) is 0 Å². The Morgan fingerprint density at radius 1 is 1.15 bits per heavy atom. The smallest absolute Gasteiger partial charge is 0.338 e. The van der Waals surface area contributed by atoms with Crippen molar-refractivity contribution >= 4 is 44.9 Å². The molecule has 1 aliphatic rings. The van der Waals surface area contributed by atoms with E-state index in [2.05, 4.69) is 5.32 Å². The number of nitro groups is 1. The molecule has 176 valence electrons. The highest BCUT2D eigenvalue weighted by Gasteiger charge is 2.28. The standard InChI is InChI=1S/C21H22ClN3O7S/c1-14-5-6-15(11-19(14)33(30,31)24-9-3-2-4-10-24)21(27)32-13-20(26)23-16-7-8-17(22)18(12-16)25(28)29/h5-8,11-12H,2-4,9-10,13H2,1H3,(H,23,26). The van der Waals surface area contributed by atoms with Gasteiger partial charge >= 0.3 is 5.97 Å². The summed E-state index contributed by atoms with van der Waals surface area (Å²) in [5.41, 5.74) is 0.219. The van der Waals surface area contributed by atoms with Crippen molar-refractivity contribution in [3.05, 3.63) is 62.7 Å². The minimum atomic E-state index is -3.75. The lowest BCUT2D eigenvalue weighted by atomic mass is 10.1. The van der Waals surface area contributed by atoms with E-state index in [0.717, 1.165) is 25.3 Å². The van der Waals surface area contributed by atoms with Gasteiger partial charge in [-0.2, -0.15) is 4.31 Å². The number of esters is 1. The van der Waals surface area contributed by atoms with Gasteiger partial charge in [-0.15, -0.1) is 0 Å². The fourth-order valence-corrected chi connectivity index (χ4v) is 5.35. The number of aryl methyl sites for hydroxylation is 1. The van der Waals surface area contributed by atoms with E-state index in [1.165, 1.54) is 34.6 Å². The number of carbonyl (C=O) groups excluding carboxylic acids is 2. The van der Waals surface area contributed by atoms with Crippen LogP contribution in [0.2, 0.25) is 5.02 Å². The summed E-state index contributed by atoms with van der Waals surface area (Å²) < 4.78 is 32.4. The summed E-state index contributed by atoms with van der Waals surface area (Å²) in [5.74, 6) is -1.60. The number of halogens is 1. The lowest BCUT2D eigenvalue weighted by Gasteiger charge is -2.26. The van der Waals surface area contributed by atoms with Crippen LogP contribution in [0, 0.1) is 17.0 Å². The molecule has 1 heterocycles. The zero-order valence-corrected chi connectivity index (χ0v) is 19.3. The lowest BCUT2D eigenvalue weighted by molar-refractivity contribution is -0.384. The molecule has 0 aliphatic carbocycles. The average Bonchev–Trinajstić information content (AvgIpc) is 2.79. The molecule has 1 aliphatic heterocycles. The lowest BCUT2D eigenvalue weighted by Crippen LogP contribution is -2.36. The van der Waals surface area contributed by atoms with Crippen molar-refractivity contribution < 1.29 is 27.7 Å². The Balaban J connectivity index is 1.67. The van der Waals surface area contributed by atoms with Crippen molar-refractivity contribution in [1.82, 2.24) is 4.31 Å². The number of nitro benzene ring substituents is 1.